The number of rotatable bonds is 3. The minimum atomic E-state index is -0.839. The Morgan fingerprint density at radius 2 is 2.05 bits per heavy atom. The fourth-order valence-corrected chi connectivity index (χ4v) is 2.82. The second-order valence-corrected chi connectivity index (χ2v) is 6.54. The summed E-state index contributed by atoms with van der Waals surface area (Å²) in [6.07, 6.45) is 2.04. The fourth-order valence-electron chi connectivity index (χ4n) is 2.82. The van der Waals surface area contributed by atoms with Crippen LogP contribution in [0.5, 0.6) is 0 Å². The number of hydrogen-bond donors (Lipinski definition) is 1. The van der Waals surface area contributed by atoms with Crippen molar-refractivity contribution in [1.82, 2.24) is 15.2 Å². The highest BCUT2D eigenvalue weighted by Gasteiger charge is 2.50. The Bertz CT molecular complexity index is 593. The molecule has 5 nitrogen and oxygen atoms in total. The normalized spacial score (nSPS) is 24.9. The molecule has 1 atom stereocenters. The molecule has 2 fully saturated rings. The summed E-state index contributed by atoms with van der Waals surface area (Å²) in [5.74, 6) is 0.252. The molecule has 1 unspecified atom stereocenters. The second kappa shape index (κ2) is 4.83. The number of piperazine rings is 1. The number of pyridine rings is 1. The Kier molecular flexibility index (Phi) is 3.23. The summed E-state index contributed by atoms with van der Waals surface area (Å²) in [4.78, 5) is 31.2. The molecule has 112 valence electrons. The van der Waals surface area contributed by atoms with Crippen LogP contribution in [0.4, 0.5) is 0 Å². The van der Waals surface area contributed by atoms with Crippen LogP contribution in [0.3, 0.4) is 0 Å². The number of nitrogens with zero attached hydrogens (tertiary/aromatic N) is 2. The largest absolute Gasteiger partial charge is 0.342 e. The molecule has 3 rings (SSSR count). The Labute approximate surface area is 124 Å². The maximum Gasteiger partial charge on any atom is 0.246 e. The molecule has 1 N–H and O–H groups in total. The third kappa shape index (κ3) is 2.52. The summed E-state index contributed by atoms with van der Waals surface area (Å²) >= 11 is 0. The molecule has 0 radical (unpaired) electrons. The maximum atomic E-state index is 12.7. The van der Waals surface area contributed by atoms with E-state index in [0.29, 0.717) is 12.5 Å². The van der Waals surface area contributed by atoms with Crippen LogP contribution in [0, 0.1) is 12.8 Å². The molecular formula is C16H21N3O2. The molecule has 1 aliphatic carbocycles. The van der Waals surface area contributed by atoms with Crippen molar-refractivity contribution in [3.63, 3.8) is 0 Å². The standard InChI is InChI=1S/C16H21N3O2/c1-10-5-4-6-12(17-10)9-19-14(20)13(11-7-8-11)18-15(21)16(19,2)3/h4-6,11,13H,7-9H2,1-3H3,(H,18,21). The molecule has 1 saturated heterocycles. The number of nitrogens with one attached hydrogen (secondary N) is 1. The molecule has 1 aliphatic heterocycles. The van der Waals surface area contributed by atoms with Crippen molar-refractivity contribution in [2.45, 2.75) is 51.7 Å². The van der Waals surface area contributed by atoms with E-state index < -0.39 is 5.54 Å². The van der Waals surface area contributed by atoms with Crippen LogP contribution in [0.25, 0.3) is 0 Å². The lowest BCUT2D eigenvalue weighted by molar-refractivity contribution is -0.156. The molecule has 0 bridgehead atoms. The average molecular weight is 287 g/mol. The van der Waals surface area contributed by atoms with E-state index in [9.17, 15) is 9.59 Å². The molecule has 1 aromatic rings. The first-order valence-electron chi connectivity index (χ1n) is 7.44. The Morgan fingerprint density at radius 3 is 2.67 bits per heavy atom. The topological polar surface area (TPSA) is 62.3 Å². The quantitative estimate of drug-likeness (QED) is 0.914. The van der Waals surface area contributed by atoms with E-state index in [4.69, 9.17) is 0 Å². The van der Waals surface area contributed by atoms with E-state index in [2.05, 4.69) is 10.3 Å². The van der Waals surface area contributed by atoms with Gasteiger partial charge in [0.05, 0.1) is 12.2 Å². The van der Waals surface area contributed by atoms with Crippen molar-refractivity contribution < 1.29 is 9.59 Å². The number of aryl methyl sites for hydroxylation is 1. The molecule has 2 heterocycles. The van der Waals surface area contributed by atoms with E-state index in [0.717, 1.165) is 24.2 Å². The average Bonchev–Trinajstić information content (AvgIpc) is 3.24. The van der Waals surface area contributed by atoms with E-state index in [-0.39, 0.29) is 17.9 Å². The highest BCUT2D eigenvalue weighted by Crippen LogP contribution is 2.37. The van der Waals surface area contributed by atoms with Crippen LogP contribution in [0.2, 0.25) is 0 Å². The van der Waals surface area contributed by atoms with E-state index in [1.165, 1.54) is 0 Å². The van der Waals surface area contributed by atoms with Gasteiger partial charge in [-0.05, 0) is 51.7 Å². The van der Waals surface area contributed by atoms with Gasteiger partial charge in [-0.25, -0.2) is 0 Å². The predicted octanol–water partition coefficient (Wildman–Crippen LogP) is 1.41. The second-order valence-electron chi connectivity index (χ2n) is 6.54. The van der Waals surface area contributed by atoms with Crippen molar-refractivity contribution >= 4 is 11.8 Å². The minimum absolute atomic E-state index is 0.0189. The molecule has 1 aromatic heterocycles. The summed E-state index contributed by atoms with van der Waals surface area (Å²) in [5.41, 5.74) is 0.895. The SMILES string of the molecule is Cc1cccc(CN2C(=O)C(C3CC3)NC(=O)C2(C)C)n1. The number of aromatic nitrogens is 1. The van der Waals surface area contributed by atoms with Crippen LogP contribution < -0.4 is 5.32 Å². The number of carbonyl (C=O) groups excluding carboxylic acids is 2. The van der Waals surface area contributed by atoms with Crippen LogP contribution in [0.1, 0.15) is 38.1 Å². The smallest absolute Gasteiger partial charge is 0.246 e. The van der Waals surface area contributed by atoms with Gasteiger partial charge in [0, 0.05) is 5.69 Å². The van der Waals surface area contributed by atoms with Crippen molar-refractivity contribution in [1.29, 1.82) is 0 Å². The summed E-state index contributed by atoms with van der Waals surface area (Å²) in [6.45, 7) is 5.88. The molecular weight excluding hydrogens is 266 g/mol. The molecule has 2 aliphatic rings. The Hall–Kier alpha value is -1.91. The van der Waals surface area contributed by atoms with Gasteiger partial charge < -0.3 is 10.2 Å². The zero-order chi connectivity index (χ0) is 15.2. The molecule has 5 heteroatoms. The van der Waals surface area contributed by atoms with Crippen molar-refractivity contribution in [2.75, 3.05) is 0 Å². The lowest BCUT2D eigenvalue weighted by Crippen LogP contribution is -2.68. The lowest BCUT2D eigenvalue weighted by atomic mass is 9.93. The number of hydrogen-bond acceptors (Lipinski definition) is 3. The zero-order valence-corrected chi connectivity index (χ0v) is 12.7. The Morgan fingerprint density at radius 1 is 1.33 bits per heavy atom. The summed E-state index contributed by atoms with van der Waals surface area (Å²) < 4.78 is 0. The van der Waals surface area contributed by atoms with Gasteiger partial charge in [-0.15, -0.1) is 0 Å². The van der Waals surface area contributed by atoms with Crippen molar-refractivity contribution in [2.24, 2.45) is 5.92 Å². The maximum absolute atomic E-state index is 12.7. The molecule has 2 amide bonds. The van der Waals surface area contributed by atoms with Crippen LogP contribution in [-0.4, -0.2) is 33.3 Å². The third-order valence-electron chi connectivity index (χ3n) is 4.41. The first-order chi connectivity index (χ1) is 9.89. The van der Waals surface area contributed by atoms with Crippen LogP contribution in [0.15, 0.2) is 18.2 Å². The lowest BCUT2D eigenvalue weighted by Gasteiger charge is -2.44. The number of carbonyl (C=O) groups is 2. The summed E-state index contributed by atoms with van der Waals surface area (Å²) in [6, 6.07) is 5.40. The highest BCUT2D eigenvalue weighted by molar-refractivity contribution is 5.99. The zero-order valence-electron chi connectivity index (χ0n) is 12.7. The van der Waals surface area contributed by atoms with Gasteiger partial charge >= 0.3 is 0 Å². The van der Waals surface area contributed by atoms with E-state index in [1.807, 2.05) is 25.1 Å². The van der Waals surface area contributed by atoms with Gasteiger partial charge in [0.2, 0.25) is 11.8 Å². The highest BCUT2D eigenvalue weighted by atomic mass is 16.2. The predicted molar refractivity (Wildman–Crippen MR) is 78.3 cm³/mol. The fraction of sp³-hybridized carbons (Fsp3) is 0.562. The van der Waals surface area contributed by atoms with Gasteiger partial charge in [0.25, 0.3) is 0 Å². The third-order valence-corrected chi connectivity index (χ3v) is 4.41. The van der Waals surface area contributed by atoms with Gasteiger partial charge in [0.15, 0.2) is 0 Å². The number of amides is 2. The summed E-state index contributed by atoms with van der Waals surface area (Å²) in [5, 5.41) is 2.89. The first kappa shape index (κ1) is 14.0. The molecule has 21 heavy (non-hydrogen) atoms. The van der Waals surface area contributed by atoms with Crippen LogP contribution >= 0.6 is 0 Å². The first-order valence-corrected chi connectivity index (χ1v) is 7.44. The molecule has 1 saturated carbocycles. The van der Waals surface area contributed by atoms with Gasteiger partial charge in [0.1, 0.15) is 11.6 Å². The van der Waals surface area contributed by atoms with Crippen molar-refractivity contribution in [3.8, 4) is 0 Å². The molecule has 0 aromatic carbocycles. The monoisotopic (exact) mass is 287 g/mol. The van der Waals surface area contributed by atoms with Gasteiger partial charge in [-0.3, -0.25) is 14.6 Å². The minimum Gasteiger partial charge on any atom is -0.342 e. The summed E-state index contributed by atoms with van der Waals surface area (Å²) in [7, 11) is 0. The molecule has 0 spiro atoms. The van der Waals surface area contributed by atoms with E-state index >= 15 is 0 Å². The van der Waals surface area contributed by atoms with Gasteiger partial charge in [-0.2, -0.15) is 0 Å². The Balaban J connectivity index is 1.88. The van der Waals surface area contributed by atoms with Gasteiger partial charge in [-0.1, -0.05) is 6.07 Å². The van der Waals surface area contributed by atoms with Crippen molar-refractivity contribution in [3.05, 3.63) is 29.6 Å². The van der Waals surface area contributed by atoms with E-state index in [1.54, 1.807) is 18.7 Å². The van der Waals surface area contributed by atoms with Crippen LogP contribution in [-0.2, 0) is 16.1 Å².